The van der Waals surface area contributed by atoms with Gasteiger partial charge in [0.1, 0.15) is 5.56 Å². The van der Waals surface area contributed by atoms with Crippen molar-refractivity contribution in [3.05, 3.63) is 46.1 Å². The van der Waals surface area contributed by atoms with Gasteiger partial charge in [0.25, 0.3) is 0 Å². The Kier molecular flexibility index (Phi) is 19.2. The van der Waals surface area contributed by atoms with E-state index in [-0.39, 0.29) is 17.2 Å². The second-order valence-corrected chi connectivity index (χ2v) is 15.5. The molecule has 1 aromatic carbocycles. The van der Waals surface area contributed by atoms with Crippen LogP contribution in [0.3, 0.4) is 0 Å². The van der Waals surface area contributed by atoms with Gasteiger partial charge in [-0.1, -0.05) is 139 Å². The molecule has 0 fully saturated rings. The number of benzene rings is 1. The molecule has 0 aliphatic carbocycles. The lowest BCUT2D eigenvalue weighted by Crippen LogP contribution is -2.34. The van der Waals surface area contributed by atoms with Gasteiger partial charge in [0.05, 0.1) is 23.0 Å². The van der Waals surface area contributed by atoms with Crippen LogP contribution in [0.2, 0.25) is 5.02 Å². The SMILES string of the molecule is CCCCCc1ccc(N=Nc2sc(N=Nc3sc(N(CC(CC)CCCC)CC(CC)CCCC)nc3C)c(C(=O)OCCC)c2Cl)cc1. The number of thiazole rings is 1. The number of hydrogen-bond acceptors (Lipinski definition) is 10. The molecule has 0 saturated carbocycles. The molecule has 2 aromatic heterocycles. The number of nitrogens with zero attached hydrogens (tertiary/aromatic N) is 6. The summed E-state index contributed by atoms with van der Waals surface area (Å²) in [5.41, 5.74) is 2.98. The van der Waals surface area contributed by atoms with Gasteiger partial charge in [-0.15, -0.1) is 20.5 Å². The zero-order valence-corrected chi connectivity index (χ0v) is 33.9. The largest absolute Gasteiger partial charge is 0.462 e. The van der Waals surface area contributed by atoms with E-state index in [1.54, 1.807) is 11.3 Å². The number of halogens is 1. The van der Waals surface area contributed by atoms with Crippen molar-refractivity contribution >= 4 is 66.1 Å². The summed E-state index contributed by atoms with van der Waals surface area (Å²) in [6, 6.07) is 8.08. The Morgan fingerprint density at radius 2 is 1.38 bits per heavy atom. The standard InChI is InChI=1S/C39H59ClN6O2S2/c1-8-14-17-20-31-21-23-32(24-22-31)42-45-37-34(40)33(38(47)48-25-11-4)36(49-37)44-43-35-28(7)41-39(50-35)46(26-29(12-5)18-15-9-2)27-30(13-6)19-16-10-3/h21-24,29-30H,8-20,25-27H2,1-7H3. The maximum Gasteiger partial charge on any atom is 0.342 e. The summed E-state index contributed by atoms with van der Waals surface area (Å²) in [4.78, 5) is 20.7. The van der Waals surface area contributed by atoms with E-state index in [1.807, 2.05) is 26.0 Å². The first-order chi connectivity index (χ1) is 24.3. The smallest absolute Gasteiger partial charge is 0.342 e. The van der Waals surface area contributed by atoms with Gasteiger partial charge >= 0.3 is 5.97 Å². The van der Waals surface area contributed by atoms with E-state index in [9.17, 15) is 4.79 Å². The van der Waals surface area contributed by atoms with E-state index >= 15 is 0 Å². The van der Waals surface area contributed by atoms with Crippen molar-refractivity contribution in [1.29, 1.82) is 0 Å². The minimum atomic E-state index is -0.539. The number of anilines is 1. The summed E-state index contributed by atoms with van der Waals surface area (Å²) in [7, 11) is 0. The minimum Gasteiger partial charge on any atom is -0.462 e. The predicted octanol–water partition coefficient (Wildman–Crippen LogP) is 14.5. The van der Waals surface area contributed by atoms with Crippen molar-refractivity contribution in [2.75, 3.05) is 24.6 Å². The lowest BCUT2D eigenvalue weighted by Gasteiger charge is -2.30. The third-order valence-electron chi connectivity index (χ3n) is 9.02. The Morgan fingerprint density at radius 3 is 1.96 bits per heavy atom. The zero-order valence-electron chi connectivity index (χ0n) is 31.5. The Morgan fingerprint density at radius 1 is 0.780 bits per heavy atom. The average molecular weight is 744 g/mol. The highest BCUT2D eigenvalue weighted by Crippen LogP contribution is 2.47. The van der Waals surface area contributed by atoms with Crippen molar-refractivity contribution < 1.29 is 9.53 Å². The van der Waals surface area contributed by atoms with Crippen LogP contribution in [0.15, 0.2) is 44.7 Å². The number of thiophene rings is 1. The monoisotopic (exact) mass is 742 g/mol. The molecule has 2 unspecified atom stereocenters. The van der Waals surface area contributed by atoms with Crippen molar-refractivity contribution in [2.45, 2.75) is 132 Å². The van der Waals surface area contributed by atoms with Crippen molar-refractivity contribution in [3.63, 3.8) is 0 Å². The molecule has 2 heterocycles. The van der Waals surface area contributed by atoms with Gasteiger partial charge in [-0.05, 0) is 68.6 Å². The number of carbonyl (C=O) groups is 1. The Labute approximate surface area is 314 Å². The van der Waals surface area contributed by atoms with E-state index in [4.69, 9.17) is 21.3 Å². The fraction of sp³-hybridized carbons (Fsp3) is 0.641. The van der Waals surface area contributed by atoms with Crippen LogP contribution in [0.4, 0.5) is 25.8 Å². The second-order valence-electron chi connectivity index (χ2n) is 13.2. The first kappa shape index (κ1) is 41.7. The van der Waals surface area contributed by atoms with Gasteiger partial charge in [-0.25, -0.2) is 9.78 Å². The molecule has 0 radical (unpaired) electrons. The topological polar surface area (TPSA) is 91.9 Å². The highest BCUT2D eigenvalue weighted by atomic mass is 35.5. The van der Waals surface area contributed by atoms with E-state index < -0.39 is 5.97 Å². The highest BCUT2D eigenvalue weighted by Gasteiger charge is 2.26. The van der Waals surface area contributed by atoms with Crippen molar-refractivity contribution in [2.24, 2.45) is 32.3 Å². The maximum absolute atomic E-state index is 13.2. The molecule has 0 N–H and O–H groups in total. The maximum atomic E-state index is 13.2. The van der Waals surface area contributed by atoms with Gasteiger partial charge in [0, 0.05) is 13.1 Å². The molecular formula is C39H59ClN6O2S2. The van der Waals surface area contributed by atoms with Crippen molar-refractivity contribution in [3.8, 4) is 0 Å². The van der Waals surface area contributed by atoms with Crippen LogP contribution in [-0.4, -0.2) is 30.6 Å². The number of esters is 1. The molecular weight excluding hydrogens is 684 g/mol. The highest BCUT2D eigenvalue weighted by molar-refractivity contribution is 7.20. The molecule has 3 rings (SSSR count). The molecule has 276 valence electrons. The summed E-state index contributed by atoms with van der Waals surface area (Å²) >= 11 is 9.50. The number of rotatable bonds is 24. The molecule has 50 heavy (non-hydrogen) atoms. The summed E-state index contributed by atoms with van der Waals surface area (Å²) in [5, 5.41) is 20.7. The normalized spacial score (nSPS) is 13.0. The molecule has 0 bridgehead atoms. The quantitative estimate of drug-likeness (QED) is 0.0519. The predicted molar refractivity (Wildman–Crippen MR) is 214 cm³/mol. The van der Waals surface area contributed by atoms with Crippen LogP contribution < -0.4 is 4.90 Å². The number of carbonyl (C=O) groups excluding carboxylic acids is 1. The summed E-state index contributed by atoms with van der Waals surface area (Å²) < 4.78 is 5.48. The third kappa shape index (κ3) is 13.1. The van der Waals surface area contributed by atoms with Crippen molar-refractivity contribution in [1.82, 2.24) is 4.98 Å². The first-order valence-corrected chi connectivity index (χ1v) is 20.9. The molecule has 0 spiro atoms. The van der Waals surface area contributed by atoms with Gasteiger partial charge in [-0.3, -0.25) is 0 Å². The molecule has 0 aliphatic rings. The molecule has 0 saturated heterocycles. The number of aromatic nitrogens is 1. The van der Waals surface area contributed by atoms with Crippen LogP contribution in [0.5, 0.6) is 0 Å². The molecule has 11 heteroatoms. The first-order valence-electron chi connectivity index (χ1n) is 18.9. The van der Waals surface area contributed by atoms with Gasteiger partial charge < -0.3 is 9.64 Å². The minimum absolute atomic E-state index is 0.168. The van der Waals surface area contributed by atoms with E-state index in [2.05, 4.69) is 72.1 Å². The molecule has 0 amide bonds. The Bertz CT molecular complexity index is 1470. The lowest BCUT2D eigenvalue weighted by atomic mass is 9.96. The zero-order chi connectivity index (χ0) is 36.3. The summed E-state index contributed by atoms with van der Waals surface area (Å²) in [5.74, 6) is 0.701. The Hall–Kier alpha value is -2.69. The number of azo groups is 2. The molecule has 2 atom stereocenters. The second kappa shape index (κ2) is 23.0. The van der Waals surface area contributed by atoms with E-state index in [1.165, 1.54) is 74.7 Å². The van der Waals surface area contributed by atoms with Gasteiger partial charge in [-0.2, -0.15) is 0 Å². The summed E-state index contributed by atoms with van der Waals surface area (Å²) in [6.07, 6.45) is 15.0. The lowest BCUT2D eigenvalue weighted by molar-refractivity contribution is 0.0507. The van der Waals surface area contributed by atoms with E-state index in [0.717, 1.165) is 43.2 Å². The van der Waals surface area contributed by atoms with Crippen LogP contribution >= 0.6 is 34.3 Å². The van der Waals surface area contributed by atoms with Gasteiger partial charge in [0.2, 0.25) is 0 Å². The van der Waals surface area contributed by atoms with Crippen LogP contribution in [0.1, 0.15) is 140 Å². The molecule has 3 aromatic rings. The van der Waals surface area contributed by atoms with Gasteiger partial charge in [0.15, 0.2) is 20.1 Å². The number of hydrogen-bond donors (Lipinski definition) is 0. The Balaban J connectivity index is 1.91. The average Bonchev–Trinajstić information content (AvgIpc) is 3.66. The van der Waals surface area contributed by atoms with Crippen LogP contribution in [0.25, 0.3) is 0 Å². The summed E-state index contributed by atoms with van der Waals surface area (Å²) in [6.45, 7) is 17.5. The fourth-order valence-electron chi connectivity index (χ4n) is 5.76. The fourth-order valence-corrected chi connectivity index (χ4v) is 7.87. The van der Waals surface area contributed by atoms with Crippen LogP contribution in [0, 0.1) is 18.8 Å². The number of ether oxygens (including phenoxy) is 1. The third-order valence-corrected chi connectivity index (χ3v) is 11.6. The van der Waals surface area contributed by atoms with E-state index in [0.29, 0.717) is 38.9 Å². The molecule has 0 aliphatic heterocycles. The van der Waals surface area contributed by atoms with Crippen LogP contribution in [-0.2, 0) is 11.2 Å². The number of aryl methyl sites for hydroxylation is 2. The number of unbranched alkanes of at least 4 members (excludes halogenated alkanes) is 4. The molecule has 8 nitrogen and oxygen atoms in total.